The van der Waals surface area contributed by atoms with E-state index < -0.39 is 0 Å². The number of nitrogens with zero attached hydrogens (tertiary/aromatic N) is 1. The molecule has 1 heteroatoms. The first kappa shape index (κ1) is 17.6. The van der Waals surface area contributed by atoms with Gasteiger partial charge in [0.15, 0.2) is 0 Å². The van der Waals surface area contributed by atoms with Gasteiger partial charge in [0.1, 0.15) is 0 Å². The van der Waals surface area contributed by atoms with Gasteiger partial charge in [-0.25, -0.2) is 0 Å². The van der Waals surface area contributed by atoms with Crippen LogP contribution in [0.5, 0.6) is 0 Å². The average Bonchev–Trinajstić information content (AvgIpc) is 2.70. The van der Waals surface area contributed by atoms with Crippen LogP contribution in [0.25, 0.3) is 0 Å². The second-order valence-electron chi connectivity index (χ2n) is 5.97. The molecule has 0 atom stereocenters. The van der Waals surface area contributed by atoms with Crippen LogP contribution >= 0.6 is 0 Å². The molecule has 3 rings (SSSR count). The zero-order valence-electron chi connectivity index (χ0n) is 14.7. The molecule has 0 saturated carbocycles. The summed E-state index contributed by atoms with van der Waals surface area (Å²) in [5.41, 5.74) is 3.36. The van der Waals surface area contributed by atoms with Crippen LogP contribution in [0.2, 0.25) is 0 Å². The Morgan fingerprint density at radius 3 is 1.42 bits per heavy atom. The quantitative estimate of drug-likeness (QED) is 0.630. The Hall–Kier alpha value is -3.26. The van der Waals surface area contributed by atoms with Gasteiger partial charge in [-0.2, -0.15) is 0 Å². The van der Waals surface area contributed by atoms with Gasteiger partial charge in [-0.15, -0.1) is 0 Å². The maximum atomic E-state index is 3.28. The zero-order chi connectivity index (χ0) is 17.9. The minimum Gasteiger partial charge on any atom is -0.277 e. The van der Waals surface area contributed by atoms with E-state index in [-0.39, 0.29) is 0 Å². The lowest BCUT2D eigenvalue weighted by Gasteiger charge is -2.16. The Bertz CT molecular complexity index is 848. The Balaban J connectivity index is 1.67. The highest BCUT2D eigenvalue weighted by Crippen LogP contribution is 2.04. The van der Waals surface area contributed by atoms with Crippen molar-refractivity contribution in [2.24, 2.45) is 0 Å². The van der Waals surface area contributed by atoms with E-state index in [0.29, 0.717) is 13.1 Å². The van der Waals surface area contributed by atoms with Crippen molar-refractivity contribution in [3.8, 4) is 23.7 Å². The molecule has 0 fully saturated rings. The second-order valence-corrected chi connectivity index (χ2v) is 5.97. The molecule has 0 aliphatic rings. The molecule has 0 unspecified atom stereocenters. The van der Waals surface area contributed by atoms with Gasteiger partial charge < -0.3 is 0 Å². The molecule has 26 heavy (non-hydrogen) atoms. The van der Waals surface area contributed by atoms with E-state index >= 15 is 0 Å². The summed E-state index contributed by atoms with van der Waals surface area (Å²) in [6, 6.07) is 30.6. The van der Waals surface area contributed by atoms with Crippen LogP contribution in [0.4, 0.5) is 0 Å². The highest BCUT2D eigenvalue weighted by molar-refractivity contribution is 5.35. The first-order chi connectivity index (χ1) is 12.9. The van der Waals surface area contributed by atoms with Crippen molar-refractivity contribution in [2.45, 2.75) is 6.54 Å². The molecule has 0 N–H and O–H groups in total. The van der Waals surface area contributed by atoms with Gasteiger partial charge in [-0.3, -0.25) is 4.90 Å². The summed E-state index contributed by atoms with van der Waals surface area (Å²) in [5.74, 6) is 13.0. The van der Waals surface area contributed by atoms with Gasteiger partial charge in [0.25, 0.3) is 0 Å². The van der Waals surface area contributed by atoms with Gasteiger partial charge in [-0.05, 0) is 29.8 Å². The molecule has 0 amide bonds. The van der Waals surface area contributed by atoms with Crippen molar-refractivity contribution in [1.82, 2.24) is 4.90 Å². The summed E-state index contributed by atoms with van der Waals surface area (Å²) in [7, 11) is 0. The molecule has 0 heterocycles. The van der Waals surface area contributed by atoms with E-state index in [1.807, 2.05) is 66.7 Å². The fraction of sp³-hybridized carbons (Fsp3) is 0.120. The largest absolute Gasteiger partial charge is 0.277 e. The molecular formula is C25H21N. The number of rotatable bonds is 4. The summed E-state index contributed by atoms with van der Waals surface area (Å²) in [5, 5.41) is 0. The Morgan fingerprint density at radius 2 is 0.962 bits per heavy atom. The van der Waals surface area contributed by atoms with Gasteiger partial charge in [0.05, 0.1) is 13.1 Å². The van der Waals surface area contributed by atoms with E-state index in [2.05, 4.69) is 52.8 Å². The van der Waals surface area contributed by atoms with Crippen molar-refractivity contribution < 1.29 is 0 Å². The van der Waals surface area contributed by atoms with Crippen LogP contribution in [0, 0.1) is 23.7 Å². The first-order valence-corrected chi connectivity index (χ1v) is 8.74. The SMILES string of the molecule is C(#Cc1ccccc1)CN(CC#Cc1ccccc1)Cc1ccccc1. The van der Waals surface area contributed by atoms with E-state index in [4.69, 9.17) is 0 Å². The molecule has 0 saturated heterocycles. The van der Waals surface area contributed by atoms with Crippen LogP contribution < -0.4 is 0 Å². The van der Waals surface area contributed by atoms with E-state index in [1.165, 1.54) is 5.56 Å². The fourth-order valence-corrected chi connectivity index (χ4v) is 2.56. The summed E-state index contributed by atoms with van der Waals surface area (Å²) in [6.07, 6.45) is 0. The number of benzene rings is 3. The predicted octanol–water partition coefficient (Wildman–Crippen LogP) is 4.59. The number of hydrogen-bond donors (Lipinski definition) is 0. The van der Waals surface area contributed by atoms with Crippen LogP contribution in [-0.2, 0) is 6.54 Å². The zero-order valence-corrected chi connectivity index (χ0v) is 14.7. The predicted molar refractivity (Wildman–Crippen MR) is 108 cm³/mol. The summed E-state index contributed by atoms with van der Waals surface area (Å²) in [4.78, 5) is 2.27. The molecule has 0 radical (unpaired) electrons. The molecule has 126 valence electrons. The summed E-state index contributed by atoms with van der Waals surface area (Å²) >= 11 is 0. The highest BCUT2D eigenvalue weighted by atomic mass is 15.1. The standard InChI is InChI=1S/C25H21N/c1-4-12-23(13-5-1)18-10-20-26(22-25-16-8-3-9-17-25)21-11-19-24-14-6-2-7-15-24/h1-9,12-17H,20-22H2. The third-order valence-corrected chi connectivity index (χ3v) is 3.87. The second kappa shape index (κ2) is 9.90. The third-order valence-electron chi connectivity index (χ3n) is 3.87. The normalized spacial score (nSPS) is 9.73. The minimum absolute atomic E-state index is 0.688. The molecule has 0 aliphatic carbocycles. The van der Waals surface area contributed by atoms with Crippen molar-refractivity contribution >= 4 is 0 Å². The summed E-state index contributed by atoms with van der Waals surface area (Å²) < 4.78 is 0. The molecule has 0 spiro atoms. The smallest absolute Gasteiger partial charge is 0.0617 e. The lowest BCUT2D eigenvalue weighted by Crippen LogP contribution is -2.24. The van der Waals surface area contributed by atoms with Crippen molar-refractivity contribution in [3.05, 3.63) is 108 Å². The fourth-order valence-electron chi connectivity index (χ4n) is 2.56. The van der Waals surface area contributed by atoms with Crippen LogP contribution in [0.3, 0.4) is 0 Å². The Labute approximate surface area is 156 Å². The lowest BCUT2D eigenvalue weighted by atomic mass is 10.2. The maximum absolute atomic E-state index is 3.28. The maximum Gasteiger partial charge on any atom is 0.0617 e. The van der Waals surface area contributed by atoms with Gasteiger partial charge in [0.2, 0.25) is 0 Å². The molecular weight excluding hydrogens is 314 g/mol. The molecule has 0 aliphatic heterocycles. The van der Waals surface area contributed by atoms with Crippen molar-refractivity contribution in [3.63, 3.8) is 0 Å². The summed E-state index contributed by atoms with van der Waals surface area (Å²) in [6.45, 7) is 2.22. The van der Waals surface area contributed by atoms with E-state index in [1.54, 1.807) is 0 Å². The highest BCUT2D eigenvalue weighted by Gasteiger charge is 2.02. The topological polar surface area (TPSA) is 3.24 Å². The average molecular weight is 335 g/mol. The van der Waals surface area contributed by atoms with E-state index in [0.717, 1.165) is 17.7 Å². The number of hydrogen-bond acceptors (Lipinski definition) is 1. The van der Waals surface area contributed by atoms with Gasteiger partial charge in [0, 0.05) is 17.7 Å². The molecule has 0 aromatic heterocycles. The first-order valence-electron chi connectivity index (χ1n) is 8.74. The molecule has 0 bridgehead atoms. The van der Waals surface area contributed by atoms with Crippen LogP contribution in [0.15, 0.2) is 91.0 Å². The third kappa shape index (κ3) is 5.99. The van der Waals surface area contributed by atoms with Gasteiger partial charge >= 0.3 is 0 Å². The minimum atomic E-state index is 0.688. The van der Waals surface area contributed by atoms with Crippen molar-refractivity contribution in [1.29, 1.82) is 0 Å². The van der Waals surface area contributed by atoms with E-state index in [9.17, 15) is 0 Å². The molecule has 3 aromatic rings. The Morgan fingerprint density at radius 1 is 0.538 bits per heavy atom. The monoisotopic (exact) mass is 335 g/mol. The van der Waals surface area contributed by atoms with Crippen LogP contribution in [-0.4, -0.2) is 18.0 Å². The molecule has 1 nitrogen and oxygen atoms in total. The lowest BCUT2D eigenvalue weighted by molar-refractivity contribution is 0.337. The van der Waals surface area contributed by atoms with Gasteiger partial charge in [-0.1, -0.05) is 90.4 Å². The van der Waals surface area contributed by atoms with Crippen molar-refractivity contribution in [2.75, 3.05) is 13.1 Å². The Kier molecular flexibility index (Phi) is 6.68. The molecule has 3 aromatic carbocycles. The van der Waals surface area contributed by atoms with Crippen LogP contribution in [0.1, 0.15) is 16.7 Å².